The Morgan fingerprint density at radius 1 is 1.23 bits per heavy atom. The van der Waals surface area contributed by atoms with Gasteiger partial charge in [0.05, 0.1) is 10.9 Å². The Hall–Kier alpha value is -1.73. The quantitative estimate of drug-likeness (QED) is 0.934. The van der Waals surface area contributed by atoms with Crippen LogP contribution in [0.5, 0.6) is 0 Å². The van der Waals surface area contributed by atoms with Crippen LogP contribution in [0.2, 0.25) is 0 Å². The molecule has 0 saturated carbocycles. The number of hydrogen-bond donors (Lipinski definition) is 1. The van der Waals surface area contributed by atoms with E-state index in [1.54, 1.807) is 26.0 Å². The first-order chi connectivity index (χ1) is 10.5. The monoisotopic (exact) mass is 321 g/mol. The molecule has 22 heavy (non-hydrogen) atoms. The van der Waals surface area contributed by atoms with Gasteiger partial charge in [-0.25, -0.2) is 8.42 Å². The minimum Gasteiger partial charge on any atom is -0.338 e. The molecule has 1 N–H and O–H groups in total. The molecule has 6 nitrogen and oxygen atoms in total. The molecule has 1 aliphatic carbocycles. The number of aromatic nitrogens is 2. The summed E-state index contributed by atoms with van der Waals surface area (Å²) in [5, 5.41) is 3.68. The summed E-state index contributed by atoms with van der Waals surface area (Å²) in [6.45, 7) is 3.38. The van der Waals surface area contributed by atoms with Crippen LogP contribution in [0.25, 0.3) is 0 Å². The van der Waals surface area contributed by atoms with E-state index in [2.05, 4.69) is 14.9 Å². The minimum absolute atomic E-state index is 0.263. The van der Waals surface area contributed by atoms with Crippen molar-refractivity contribution in [3.05, 3.63) is 41.0 Å². The van der Waals surface area contributed by atoms with Gasteiger partial charge in [0.15, 0.2) is 5.82 Å². The fourth-order valence-electron chi connectivity index (χ4n) is 2.72. The highest BCUT2D eigenvalue weighted by atomic mass is 32.2. The van der Waals surface area contributed by atoms with E-state index in [1.165, 1.54) is 12.0 Å². The van der Waals surface area contributed by atoms with Crippen LogP contribution in [0.1, 0.15) is 48.6 Å². The molecule has 1 aliphatic rings. The summed E-state index contributed by atoms with van der Waals surface area (Å²) in [5.74, 6) is 0.744. The standard InChI is InChI=1S/C15H19N3O3S/c1-10(15-16-11(2)17-21-15)18-22(19,20)14-8-7-12-5-3-4-6-13(12)9-14/h7-10,18H,3-6H2,1-2H3/t10-/m1/s1. The number of fused-ring (bicyclic) bond motifs is 1. The molecule has 0 saturated heterocycles. The first kappa shape index (κ1) is 15.2. The number of rotatable bonds is 4. The Bertz CT molecular complexity index is 783. The molecule has 118 valence electrons. The normalized spacial score (nSPS) is 16.3. The summed E-state index contributed by atoms with van der Waals surface area (Å²) in [6, 6.07) is 4.80. The molecular formula is C15H19N3O3S. The SMILES string of the molecule is Cc1noc([C@@H](C)NS(=O)(=O)c2ccc3c(c2)CCCC3)n1. The third kappa shape index (κ3) is 3.05. The Kier molecular flexibility index (Phi) is 4.01. The zero-order valence-electron chi connectivity index (χ0n) is 12.7. The van der Waals surface area contributed by atoms with Crippen LogP contribution < -0.4 is 4.72 Å². The fourth-order valence-corrected chi connectivity index (χ4v) is 3.96. The van der Waals surface area contributed by atoms with E-state index in [0.29, 0.717) is 5.82 Å². The highest BCUT2D eigenvalue weighted by Gasteiger charge is 2.23. The lowest BCUT2D eigenvalue weighted by molar-refractivity contribution is 0.351. The predicted octanol–water partition coefficient (Wildman–Crippen LogP) is 2.30. The van der Waals surface area contributed by atoms with Gasteiger partial charge in [-0.3, -0.25) is 0 Å². The second-order valence-electron chi connectivity index (χ2n) is 5.66. The largest absolute Gasteiger partial charge is 0.338 e. The van der Waals surface area contributed by atoms with Crippen molar-refractivity contribution in [1.82, 2.24) is 14.9 Å². The van der Waals surface area contributed by atoms with Crippen molar-refractivity contribution in [2.24, 2.45) is 0 Å². The molecule has 7 heteroatoms. The van der Waals surface area contributed by atoms with Crippen LogP contribution in [0.4, 0.5) is 0 Å². The van der Waals surface area contributed by atoms with Crippen molar-refractivity contribution in [3.63, 3.8) is 0 Å². The summed E-state index contributed by atoms with van der Waals surface area (Å²) in [7, 11) is -3.61. The molecule has 1 heterocycles. The zero-order valence-corrected chi connectivity index (χ0v) is 13.5. The molecule has 0 amide bonds. The van der Waals surface area contributed by atoms with Crippen LogP contribution in [0.15, 0.2) is 27.6 Å². The smallest absolute Gasteiger partial charge is 0.244 e. The number of benzene rings is 1. The van der Waals surface area contributed by atoms with Crippen LogP contribution in [-0.4, -0.2) is 18.6 Å². The molecule has 0 unspecified atom stereocenters. The van der Waals surface area contributed by atoms with Gasteiger partial charge in [0, 0.05) is 0 Å². The maximum atomic E-state index is 12.5. The Balaban J connectivity index is 1.83. The van der Waals surface area contributed by atoms with Gasteiger partial charge in [-0.2, -0.15) is 9.71 Å². The van der Waals surface area contributed by atoms with Crippen molar-refractivity contribution >= 4 is 10.0 Å². The summed E-state index contributed by atoms with van der Waals surface area (Å²) >= 11 is 0. The Labute approximate surface area is 130 Å². The number of aryl methyl sites for hydroxylation is 3. The molecule has 2 aromatic rings. The number of sulfonamides is 1. The maximum absolute atomic E-state index is 12.5. The molecule has 1 aromatic carbocycles. The van der Waals surface area contributed by atoms with Crippen LogP contribution in [0, 0.1) is 6.92 Å². The summed E-state index contributed by atoms with van der Waals surface area (Å²) in [4.78, 5) is 4.34. The van der Waals surface area contributed by atoms with Crippen molar-refractivity contribution in [2.45, 2.75) is 50.5 Å². The molecule has 3 rings (SSSR count). The van der Waals surface area contributed by atoms with Crippen molar-refractivity contribution in [1.29, 1.82) is 0 Å². The third-order valence-electron chi connectivity index (χ3n) is 3.88. The molecule has 0 aliphatic heterocycles. The third-order valence-corrected chi connectivity index (χ3v) is 5.41. The van der Waals surface area contributed by atoms with E-state index in [0.717, 1.165) is 24.8 Å². The molecule has 0 spiro atoms. The lowest BCUT2D eigenvalue weighted by Gasteiger charge is -2.17. The maximum Gasteiger partial charge on any atom is 0.244 e. The summed E-state index contributed by atoms with van der Waals surface area (Å²) in [5.41, 5.74) is 2.39. The fraction of sp³-hybridized carbons (Fsp3) is 0.467. The number of hydrogen-bond acceptors (Lipinski definition) is 5. The van der Waals surface area contributed by atoms with Crippen molar-refractivity contribution < 1.29 is 12.9 Å². The van der Waals surface area contributed by atoms with E-state index >= 15 is 0 Å². The van der Waals surface area contributed by atoms with Gasteiger partial charge in [-0.1, -0.05) is 11.2 Å². The first-order valence-electron chi connectivity index (χ1n) is 7.40. The van der Waals surface area contributed by atoms with E-state index in [-0.39, 0.29) is 10.8 Å². The predicted molar refractivity (Wildman–Crippen MR) is 80.9 cm³/mol. The average molecular weight is 321 g/mol. The van der Waals surface area contributed by atoms with Crippen LogP contribution in [0.3, 0.4) is 0 Å². The van der Waals surface area contributed by atoms with Gasteiger partial charge in [-0.05, 0) is 62.8 Å². The molecule has 1 aromatic heterocycles. The number of nitrogens with one attached hydrogen (secondary N) is 1. The van der Waals surface area contributed by atoms with E-state index < -0.39 is 16.1 Å². The van der Waals surface area contributed by atoms with Crippen LogP contribution >= 0.6 is 0 Å². The van der Waals surface area contributed by atoms with Crippen molar-refractivity contribution in [3.8, 4) is 0 Å². The molecule has 0 radical (unpaired) electrons. The van der Waals surface area contributed by atoms with Gasteiger partial charge in [0.25, 0.3) is 0 Å². The zero-order chi connectivity index (χ0) is 15.7. The molecule has 0 bridgehead atoms. The minimum atomic E-state index is -3.61. The second-order valence-corrected chi connectivity index (χ2v) is 7.37. The molecule has 0 fully saturated rings. The Morgan fingerprint density at radius 3 is 2.64 bits per heavy atom. The number of nitrogens with zero attached hydrogens (tertiary/aromatic N) is 2. The van der Waals surface area contributed by atoms with E-state index in [4.69, 9.17) is 4.52 Å². The highest BCUT2D eigenvalue weighted by molar-refractivity contribution is 7.89. The summed E-state index contributed by atoms with van der Waals surface area (Å²) in [6.07, 6.45) is 4.25. The average Bonchev–Trinajstić information content (AvgIpc) is 2.93. The van der Waals surface area contributed by atoms with Crippen LogP contribution in [-0.2, 0) is 22.9 Å². The van der Waals surface area contributed by atoms with Gasteiger partial charge in [-0.15, -0.1) is 0 Å². The second kappa shape index (κ2) is 5.81. The lowest BCUT2D eigenvalue weighted by Crippen LogP contribution is -2.27. The van der Waals surface area contributed by atoms with Gasteiger partial charge in [0.2, 0.25) is 15.9 Å². The lowest BCUT2D eigenvalue weighted by atomic mass is 9.92. The van der Waals surface area contributed by atoms with E-state index in [1.807, 2.05) is 6.07 Å². The van der Waals surface area contributed by atoms with E-state index in [9.17, 15) is 8.42 Å². The Morgan fingerprint density at radius 2 is 1.95 bits per heavy atom. The van der Waals surface area contributed by atoms with Gasteiger partial charge in [0.1, 0.15) is 0 Å². The molecular weight excluding hydrogens is 302 g/mol. The molecule has 1 atom stereocenters. The topological polar surface area (TPSA) is 85.1 Å². The van der Waals surface area contributed by atoms with Crippen molar-refractivity contribution in [2.75, 3.05) is 0 Å². The highest BCUT2D eigenvalue weighted by Crippen LogP contribution is 2.24. The van der Waals surface area contributed by atoms with Gasteiger partial charge < -0.3 is 4.52 Å². The summed E-state index contributed by atoms with van der Waals surface area (Å²) < 4.78 is 32.6. The first-order valence-corrected chi connectivity index (χ1v) is 8.88. The van der Waals surface area contributed by atoms with Gasteiger partial charge >= 0.3 is 0 Å².